The fourth-order valence-corrected chi connectivity index (χ4v) is 13.5. The predicted octanol–water partition coefficient (Wildman–Crippen LogP) is 25.0. The van der Waals surface area contributed by atoms with Gasteiger partial charge in [0.15, 0.2) is 56.6 Å². The molecule has 0 saturated carbocycles. The lowest BCUT2D eigenvalue weighted by molar-refractivity contribution is 0.509. The molecule has 0 unspecified atom stereocenters. The van der Waals surface area contributed by atoms with E-state index in [2.05, 4.69) is 101 Å². The van der Waals surface area contributed by atoms with E-state index in [0.717, 1.165) is 126 Å². The second-order valence-corrected chi connectivity index (χ2v) is 28.7. The molecule has 20 heteroatoms. The molecule has 4 nitrogen and oxygen atoms in total. The zero-order chi connectivity index (χ0) is 76.2. The summed E-state index contributed by atoms with van der Waals surface area (Å²) in [5, 5.41) is 11.2. The number of aromatic nitrogens is 4. The Morgan fingerprint density at radius 2 is 0.607 bits per heavy atom. The van der Waals surface area contributed by atoms with Crippen LogP contribution in [0.1, 0.15) is 160 Å². The molecule has 0 N–H and O–H groups in total. The molecule has 0 aliphatic heterocycles. The van der Waals surface area contributed by atoms with Gasteiger partial charge in [-0.1, -0.05) is 162 Å². The van der Waals surface area contributed by atoms with Crippen LogP contribution in [0.3, 0.4) is 0 Å². The predicted molar refractivity (Wildman–Crippen MR) is 408 cm³/mol. The molecule has 0 saturated heterocycles. The summed E-state index contributed by atoms with van der Waals surface area (Å²) < 4.78 is 163. The first-order chi connectivity index (χ1) is 51.8. The number of nitrogens with zero attached hydrogens (tertiary/aromatic N) is 4. The Kier molecular flexibility index (Phi) is 30.9. The van der Waals surface area contributed by atoms with Crippen molar-refractivity contribution in [1.29, 1.82) is 0 Å². The van der Waals surface area contributed by atoms with Crippen LogP contribution in [-0.2, 0) is 25.7 Å². The molecular weight excluding hydrogens is 1460 g/mol. The summed E-state index contributed by atoms with van der Waals surface area (Å²) in [6, 6.07) is 35.8. The molecule has 0 amide bonds. The van der Waals surface area contributed by atoms with Gasteiger partial charge in [-0.25, -0.2) is 62.7 Å². The zero-order valence-electron chi connectivity index (χ0n) is 58.7. The van der Waals surface area contributed by atoms with E-state index in [1.165, 1.54) is 143 Å². The first kappa shape index (κ1) is 80.8. The first-order valence-electron chi connectivity index (χ1n) is 34.6. The Morgan fingerprint density at radius 3 is 1.01 bits per heavy atom. The van der Waals surface area contributed by atoms with Crippen LogP contribution in [0, 0.1) is 117 Å². The van der Waals surface area contributed by atoms with Crippen molar-refractivity contribution in [2.75, 3.05) is 0 Å². The van der Waals surface area contributed by atoms with E-state index in [-0.39, 0.29) is 22.3 Å². The van der Waals surface area contributed by atoms with Crippen molar-refractivity contribution < 1.29 is 52.7 Å². The summed E-state index contributed by atoms with van der Waals surface area (Å²) in [4.78, 5) is 12.8. The standard InChI is InChI=1S/C23H19F3S.2C22H18F3NS.C20H15F3N2S/c1-2-3-4-5-19-11-12-20(27-19)10-8-16-6-7-17(14-22(16)25)18-9-13-21(24)23(26)15-18;1-2-3-4-5-18-14-26-22(27-18)11-9-15-6-7-16(12-20(15)24)17-8-10-19(23)21(25)13-17;1-2-3-4-5-22-26-14-18(27-22)10-8-15-6-7-16(12-20(15)24)17-9-11-19(23)21(25)13-17;1-2-3-4-19-24-25-20(26-19)10-8-13-5-6-14(11-17(13)22)15-7-9-16(21)18(23)12-15/h6-7,9,11-15H,2-5H2,1H3;6-8,10,12-14H,2-5H2,1H3;6-7,9,11-14H,2-5H2,1H3;5-7,9,11-12H,2-4H2,1H3. The highest BCUT2D eigenvalue weighted by Crippen LogP contribution is 2.30. The van der Waals surface area contributed by atoms with E-state index in [4.69, 9.17) is 0 Å². The number of hydrogen-bond acceptors (Lipinski definition) is 8. The largest absolute Gasteiger partial charge is 0.248 e. The maximum atomic E-state index is 14.4. The Morgan fingerprint density at radius 1 is 0.252 bits per heavy atom. The van der Waals surface area contributed by atoms with Crippen LogP contribution in [0.4, 0.5) is 52.7 Å². The number of thiazole rings is 2. The SMILES string of the molecule is CCCCCc1ccc(C#Cc2ccc(-c3ccc(F)c(F)c3)cc2F)s1.CCCCCc1cnc(C#Cc2ccc(-c3ccc(F)c(F)c3)cc2F)s1.CCCCCc1ncc(C#Cc2ccc(-c3ccc(F)c(F)c3)cc2F)s1.CCCCc1nnc(C#Cc2ccc(-c3ccc(F)c(F)c3)cc2F)s1. The minimum Gasteiger partial charge on any atom is -0.248 e. The minimum atomic E-state index is -0.970. The molecule has 0 radical (unpaired) electrons. The topological polar surface area (TPSA) is 51.6 Å². The summed E-state index contributed by atoms with van der Waals surface area (Å²) >= 11 is 6.10. The number of thiophene rings is 1. The number of unbranched alkanes of at least 4 members (excludes halogenated alkanes) is 7. The second kappa shape index (κ2) is 41.0. The Labute approximate surface area is 631 Å². The van der Waals surface area contributed by atoms with Crippen LogP contribution >= 0.6 is 45.3 Å². The van der Waals surface area contributed by atoms with Crippen LogP contribution in [0.2, 0.25) is 0 Å². The van der Waals surface area contributed by atoms with Crippen molar-refractivity contribution in [1.82, 2.24) is 20.2 Å². The molecular formula is C87H70F12N4S4. The molecule has 0 fully saturated rings. The fraction of sp³-hybridized carbons (Fsp3) is 0.218. The molecule has 0 aliphatic rings. The molecule has 4 aromatic heterocycles. The minimum absolute atomic E-state index is 0.210. The van der Waals surface area contributed by atoms with Crippen LogP contribution in [0.5, 0.6) is 0 Å². The highest BCUT2D eigenvalue weighted by atomic mass is 32.1. The molecule has 0 bridgehead atoms. The number of aryl methyl sites for hydroxylation is 4. The lowest BCUT2D eigenvalue weighted by Gasteiger charge is -2.04. The first-order valence-corrected chi connectivity index (χ1v) is 37.9. The van der Waals surface area contributed by atoms with Crippen molar-refractivity contribution in [3.8, 4) is 91.9 Å². The van der Waals surface area contributed by atoms with E-state index in [0.29, 0.717) is 54.5 Å². The van der Waals surface area contributed by atoms with Gasteiger partial charge < -0.3 is 0 Å². The molecule has 107 heavy (non-hydrogen) atoms. The van der Waals surface area contributed by atoms with Crippen LogP contribution in [0.15, 0.2) is 170 Å². The third kappa shape index (κ3) is 24.6. The molecule has 0 aliphatic carbocycles. The summed E-state index contributed by atoms with van der Waals surface area (Å²) in [6.07, 6.45) is 20.0. The molecule has 12 aromatic rings. The Bertz CT molecular complexity index is 4890. The molecule has 0 spiro atoms. The smallest absolute Gasteiger partial charge is 0.191 e. The van der Waals surface area contributed by atoms with Crippen molar-refractivity contribution in [3.63, 3.8) is 0 Å². The number of hydrogen-bond donors (Lipinski definition) is 0. The summed E-state index contributed by atoms with van der Waals surface area (Å²) in [6.45, 7) is 8.60. The Balaban J connectivity index is 0.000000165. The van der Waals surface area contributed by atoms with Crippen molar-refractivity contribution >= 4 is 45.3 Å². The third-order valence-electron chi connectivity index (χ3n) is 16.2. The van der Waals surface area contributed by atoms with Gasteiger partial charge in [-0.2, -0.15) is 0 Å². The normalized spacial score (nSPS) is 10.5. The molecule has 12 rings (SSSR count). The maximum absolute atomic E-state index is 14.4. The number of benzene rings is 8. The Hall–Kier alpha value is -10.3. The van der Waals surface area contributed by atoms with Crippen molar-refractivity contribution in [3.05, 3.63) is 302 Å². The lowest BCUT2D eigenvalue weighted by atomic mass is 10.0. The molecule has 8 aromatic carbocycles. The molecule has 546 valence electrons. The number of halogens is 12. The van der Waals surface area contributed by atoms with E-state index >= 15 is 0 Å². The average molecular weight is 1530 g/mol. The van der Waals surface area contributed by atoms with Gasteiger partial charge in [0.25, 0.3) is 0 Å². The maximum Gasteiger partial charge on any atom is 0.191 e. The highest BCUT2D eigenvalue weighted by Gasteiger charge is 2.14. The van der Waals surface area contributed by atoms with Gasteiger partial charge in [0.1, 0.15) is 28.3 Å². The zero-order valence-corrected chi connectivity index (χ0v) is 62.0. The van der Waals surface area contributed by atoms with Gasteiger partial charge in [0.05, 0.1) is 43.2 Å². The van der Waals surface area contributed by atoms with Gasteiger partial charge in [0, 0.05) is 22.4 Å². The monoisotopic (exact) mass is 1530 g/mol. The molecule has 0 atom stereocenters. The van der Waals surface area contributed by atoms with E-state index in [9.17, 15) is 52.7 Å². The summed E-state index contributed by atoms with van der Waals surface area (Å²) in [5.74, 6) is 13.3. The third-order valence-corrected chi connectivity index (χ3v) is 20.1. The van der Waals surface area contributed by atoms with Crippen LogP contribution in [0.25, 0.3) is 44.5 Å². The van der Waals surface area contributed by atoms with Crippen molar-refractivity contribution in [2.24, 2.45) is 0 Å². The summed E-state index contributed by atoms with van der Waals surface area (Å²) in [5.41, 5.74) is 4.47. The van der Waals surface area contributed by atoms with Gasteiger partial charge in [-0.05, 0) is 216 Å². The van der Waals surface area contributed by atoms with Gasteiger partial charge in [0.2, 0.25) is 0 Å². The van der Waals surface area contributed by atoms with Gasteiger partial charge >= 0.3 is 0 Å². The fourth-order valence-electron chi connectivity index (χ4n) is 10.3. The molecule has 4 heterocycles. The van der Waals surface area contributed by atoms with E-state index in [1.54, 1.807) is 53.9 Å². The number of rotatable bonds is 19. The lowest BCUT2D eigenvalue weighted by Crippen LogP contribution is -1.89. The average Bonchev–Trinajstić information content (AvgIpc) is 1.83. The van der Waals surface area contributed by atoms with Gasteiger partial charge in [-0.3, -0.25) is 0 Å². The quantitative estimate of drug-likeness (QED) is 0.0460. The van der Waals surface area contributed by atoms with Crippen LogP contribution in [-0.4, -0.2) is 20.2 Å². The van der Waals surface area contributed by atoms with Crippen molar-refractivity contribution in [2.45, 2.75) is 124 Å². The van der Waals surface area contributed by atoms with E-state index < -0.39 is 69.8 Å². The summed E-state index contributed by atoms with van der Waals surface area (Å²) in [7, 11) is 0. The second-order valence-electron chi connectivity index (χ2n) is 24.3. The van der Waals surface area contributed by atoms with Crippen LogP contribution < -0.4 is 0 Å². The van der Waals surface area contributed by atoms with E-state index in [1.807, 2.05) is 12.3 Å². The van der Waals surface area contributed by atoms with Gasteiger partial charge in [-0.15, -0.1) is 44.2 Å². The highest BCUT2D eigenvalue weighted by molar-refractivity contribution is 7.13.